The van der Waals surface area contributed by atoms with Crippen molar-refractivity contribution >= 4 is 17.4 Å². The molecular formula is C22H18FN3O4. The second-order valence-electron chi connectivity index (χ2n) is 6.62. The van der Waals surface area contributed by atoms with E-state index in [1.54, 1.807) is 43.6 Å². The van der Waals surface area contributed by atoms with Crippen molar-refractivity contribution in [2.75, 3.05) is 14.2 Å². The Morgan fingerprint density at radius 3 is 2.53 bits per heavy atom. The zero-order valence-corrected chi connectivity index (χ0v) is 16.3. The van der Waals surface area contributed by atoms with Crippen LogP contribution in [0.5, 0.6) is 11.5 Å². The number of ether oxygens (including phenoxy) is 2. The third-order valence-corrected chi connectivity index (χ3v) is 4.88. The van der Waals surface area contributed by atoms with Crippen LogP contribution < -0.4 is 9.47 Å². The number of H-pyrrole nitrogens is 1. The first kappa shape index (κ1) is 19.4. The van der Waals surface area contributed by atoms with Crippen LogP contribution in [0.15, 0.2) is 54.7 Å². The van der Waals surface area contributed by atoms with Crippen molar-refractivity contribution in [3.8, 4) is 22.8 Å². The zero-order valence-electron chi connectivity index (χ0n) is 16.3. The number of hydrogen-bond acceptors (Lipinski definition) is 5. The molecule has 0 aliphatic carbocycles. The molecule has 0 fully saturated rings. The maximum absolute atomic E-state index is 13.2. The van der Waals surface area contributed by atoms with Crippen LogP contribution in [0.4, 0.5) is 4.39 Å². The highest BCUT2D eigenvalue weighted by molar-refractivity contribution is 6.34. The van der Waals surface area contributed by atoms with Gasteiger partial charge >= 0.3 is 0 Å². The first-order valence-corrected chi connectivity index (χ1v) is 9.10. The second kappa shape index (κ2) is 7.82. The lowest BCUT2D eigenvalue weighted by Crippen LogP contribution is -2.30. The Hall–Kier alpha value is -3.94. The van der Waals surface area contributed by atoms with Crippen LogP contribution >= 0.6 is 0 Å². The average Bonchev–Trinajstić information content (AvgIpc) is 3.34. The van der Waals surface area contributed by atoms with E-state index in [0.29, 0.717) is 33.9 Å². The Balaban J connectivity index is 1.62. The molecule has 0 atom stereocenters. The van der Waals surface area contributed by atoms with E-state index in [-0.39, 0.29) is 17.9 Å². The number of carbonyl (C=O) groups is 2. The predicted molar refractivity (Wildman–Crippen MR) is 107 cm³/mol. The maximum Gasteiger partial charge on any atom is 0.261 e. The van der Waals surface area contributed by atoms with Gasteiger partial charge in [-0.25, -0.2) is 4.39 Å². The fourth-order valence-corrected chi connectivity index (χ4v) is 3.33. The van der Waals surface area contributed by atoms with Crippen LogP contribution in [0.1, 0.15) is 11.1 Å². The van der Waals surface area contributed by atoms with Crippen LogP contribution in [0.25, 0.3) is 16.8 Å². The number of aromatic nitrogens is 2. The van der Waals surface area contributed by atoms with Gasteiger partial charge in [-0.2, -0.15) is 5.10 Å². The van der Waals surface area contributed by atoms with Crippen molar-refractivity contribution in [3.63, 3.8) is 0 Å². The summed E-state index contributed by atoms with van der Waals surface area (Å²) in [7, 11) is 3.05. The van der Waals surface area contributed by atoms with Crippen LogP contribution in [0, 0.1) is 5.82 Å². The SMILES string of the molecule is COc1ccc(CN2C(=O)C=C(c3c[nH]nc3-c3ccc(F)cc3)C2=O)c(OC)c1. The number of aromatic amines is 1. The third-order valence-electron chi connectivity index (χ3n) is 4.88. The van der Waals surface area contributed by atoms with Gasteiger partial charge in [0.25, 0.3) is 11.8 Å². The second-order valence-corrected chi connectivity index (χ2v) is 6.62. The standard InChI is InChI=1S/C22H18FN3O4/c1-29-16-8-5-14(19(9-16)30-2)12-26-20(27)10-17(22(26)28)18-11-24-25-21(18)13-3-6-15(23)7-4-13/h3-11H,12H2,1-2H3,(H,24,25). The Morgan fingerprint density at radius 2 is 1.83 bits per heavy atom. The normalized spacial score (nSPS) is 13.6. The smallest absolute Gasteiger partial charge is 0.261 e. The van der Waals surface area contributed by atoms with Crippen molar-refractivity contribution < 1.29 is 23.5 Å². The number of nitrogens with zero attached hydrogens (tertiary/aromatic N) is 2. The van der Waals surface area contributed by atoms with Gasteiger partial charge in [0.2, 0.25) is 0 Å². The number of imide groups is 1. The Morgan fingerprint density at radius 1 is 1.07 bits per heavy atom. The predicted octanol–water partition coefficient (Wildman–Crippen LogP) is 3.19. The minimum atomic E-state index is -0.442. The lowest BCUT2D eigenvalue weighted by molar-refractivity contribution is -0.137. The molecule has 1 N–H and O–H groups in total. The highest BCUT2D eigenvalue weighted by Gasteiger charge is 2.34. The van der Waals surface area contributed by atoms with E-state index in [9.17, 15) is 14.0 Å². The van der Waals surface area contributed by atoms with E-state index in [4.69, 9.17) is 9.47 Å². The molecule has 2 amide bonds. The number of benzene rings is 2. The van der Waals surface area contributed by atoms with Crippen molar-refractivity contribution in [2.24, 2.45) is 0 Å². The van der Waals surface area contributed by atoms with Gasteiger partial charge < -0.3 is 9.47 Å². The van der Waals surface area contributed by atoms with Crippen molar-refractivity contribution in [1.29, 1.82) is 0 Å². The van der Waals surface area contributed by atoms with E-state index in [1.807, 2.05) is 0 Å². The molecule has 4 rings (SSSR count). The summed E-state index contributed by atoms with van der Waals surface area (Å²) in [5, 5.41) is 6.89. The highest BCUT2D eigenvalue weighted by Crippen LogP contribution is 2.33. The van der Waals surface area contributed by atoms with Crippen LogP contribution in [-0.2, 0) is 16.1 Å². The molecule has 1 aliphatic heterocycles. The van der Waals surface area contributed by atoms with E-state index in [2.05, 4.69) is 10.2 Å². The summed E-state index contributed by atoms with van der Waals surface area (Å²) in [4.78, 5) is 26.8. The van der Waals surface area contributed by atoms with E-state index in [1.165, 1.54) is 25.3 Å². The fourth-order valence-electron chi connectivity index (χ4n) is 3.33. The minimum Gasteiger partial charge on any atom is -0.497 e. The molecule has 0 saturated heterocycles. The molecule has 1 aliphatic rings. The molecule has 0 bridgehead atoms. The van der Waals surface area contributed by atoms with Crippen LogP contribution in [-0.4, -0.2) is 41.1 Å². The number of halogens is 1. The molecule has 30 heavy (non-hydrogen) atoms. The molecule has 2 aromatic carbocycles. The highest BCUT2D eigenvalue weighted by atomic mass is 19.1. The summed E-state index contributed by atoms with van der Waals surface area (Å²) in [6.45, 7) is 0.0502. The molecule has 0 radical (unpaired) electrons. The zero-order chi connectivity index (χ0) is 21.3. The fraction of sp³-hybridized carbons (Fsp3) is 0.136. The minimum absolute atomic E-state index is 0.0502. The molecule has 8 heteroatoms. The number of rotatable bonds is 6. The molecule has 152 valence electrons. The molecular weight excluding hydrogens is 389 g/mol. The van der Waals surface area contributed by atoms with Crippen molar-refractivity contribution in [1.82, 2.24) is 15.1 Å². The van der Waals surface area contributed by atoms with E-state index >= 15 is 0 Å². The van der Waals surface area contributed by atoms with Crippen LogP contribution in [0.2, 0.25) is 0 Å². The first-order valence-electron chi connectivity index (χ1n) is 9.10. The summed E-state index contributed by atoms with van der Waals surface area (Å²) in [5.41, 5.74) is 2.46. The number of methoxy groups -OCH3 is 2. The Labute approximate surface area is 171 Å². The van der Waals surface area contributed by atoms with E-state index in [0.717, 1.165) is 4.90 Å². The monoisotopic (exact) mass is 407 g/mol. The quantitative estimate of drug-likeness (QED) is 0.635. The number of amides is 2. The number of nitrogens with one attached hydrogen (secondary N) is 1. The molecule has 0 spiro atoms. The van der Waals surface area contributed by atoms with Gasteiger partial charge in [-0.1, -0.05) is 0 Å². The lowest BCUT2D eigenvalue weighted by atomic mass is 10.0. The van der Waals surface area contributed by atoms with Gasteiger partial charge in [0.15, 0.2) is 0 Å². The van der Waals surface area contributed by atoms with Gasteiger partial charge in [-0.05, 0) is 36.4 Å². The molecule has 7 nitrogen and oxygen atoms in total. The molecule has 2 heterocycles. The van der Waals surface area contributed by atoms with Gasteiger partial charge in [0.1, 0.15) is 23.0 Å². The molecule has 3 aromatic rings. The molecule has 0 saturated carbocycles. The van der Waals surface area contributed by atoms with Crippen molar-refractivity contribution in [2.45, 2.75) is 6.54 Å². The summed E-state index contributed by atoms with van der Waals surface area (Å²) in [5.74, 6) is -0.127. The lowest BCUT2D eigenvalue weighted by Gasteiger charge is -2.17. The summed E-state index contributed by atoms with van der Waals surface area (Å²) >= 11 is 0. The summed E-state index contributed by atoms with van der Waals surface area (Å²) in [6, 6.07) is 10.9. The average molecular weight is 407 g/mol. The Kier molecular flexibility index (Phi) is 5.05. The van der Waals surface area contributed by atoms with Gasteiger partial charge in [0.05, 0.1) is 26.3 Å². The number of hydrogen-bond donors (Lipinski definition) is 1. The third kappa shape index (κ3) is 3.43. The van der Waals surface area contributed by atoms with Crippen LogP contribution in [0.3, 0.4) is 0 Å². The summed E-state index contributed by atoms with van der Waals surface area (Å²) < 4.78 is 23.8. The largest absolute Gasteiger partial charge is 0.497 e. The molecule has 0 unspecified atom stereocenters. The Bertz CT molecular complexity index is 1150. The van der Waals surface area contributed by atoms with Gasteiger partial charge in [-0.3, -0.25) is 19.6 Å². The first-order chi connectivity index (χ1) is 14.5. The molecule has 1 aromatic heterocycles. The van der Waals surface area contributed by atoms with E-state index < -0.39 is 11.8 Å². The number of carbonyl (C=O) groups excluding carboxylic acids is 2. The van der Waals surface area contributed by atoms with Crippen molar-refractivity contribution in [3.05, 3.63) is 71.7 Å². The van der Waals surface area contributed by atoms with Gasteiger partial charge in [-0.15, -0.1) is 0 Å². The van der Waals surface area contributed by atoms with Gasteiger partial charge in [0, 0.05) is 35.0 Å². The topological polar surface area (TPSA) is 84.5 Å². The summed E-state index contributed by atoms with van der Waals surface area (Å²) in [6.07, 6.45) is 2.84. The maximum atomic E-state index is 13.2.